The number of aliphatic carboxylic acids is 2. The molecule has 1 aromatic carbocycles. The van der Waals surface area contributed by atoms with E-state index in [0.717, 1.165) is 31.7 Å². The van der Waals surface area contributed by atoms with E-state index in [1.807, 2.05) is 12.1 Å². The van der Waals surface area contributed by atoms with E-state index in [9.17, 15) is 18.0 Å². The molecule has 0 atom stereocenters. The maximum Gasteiger partial charge on any atom is 0.490 e. The van der Waals surface area contributed by atoms with Gasteiger partial charge in [0.05, 0.1) is 13.0 Å². The molecule has 0 bridgehead atoms. The Hall–Kier alpha value is -2.29. The van der Waals surface area contributed by atoms with Crippen LogP contribution in [0.1, 0.15) is 44.6 Å². The summed E-state index contributed by atoms with van der Waals surface area (Å²) in [4.78, 5) is 19.3. The van der Waals surface area contributed by atoms with Gasteiger partial charge in [-0.2, -0.15) is 13.2 Å². The van der Waals surface area contributed by atoms with Gasteiger partial charge in [-0.15, -0.1) is 0 Å². The first-order valence-corrected chi connectivity index (χ1v) is 9.11. The Morgan fingerprint density at radius 3 is 2.36 bits per heavy atom. The van der Waals surface area contributed by atoms with Gasteiger partial charge >= 0.3 is 18.1 Å². The summed E-state index contributed by atoms with van der Waals surface area (Å²) >= 11 is 0. The summed E-state index contributed by atoms with van der Waals surface area (Å²) in [7, 11) is 0. The maximum absolute atomic E-state index is 10.6. The van der Waals surface area contributed by atoms with Crippen molar-refractivity contribution < 1.29 is 37.7 Å². The molecule has 0 unspecified atom stereocenters. The van der Waals surface area contributed by atoms with Crippen molar-refractivity contribution in [2.45, 2.75) is 51.6 Å². The molecule has 0 aliphatic carbocycles. The van der Waals surface area contributed by atoms with E-state index >= 15 is 0 Å². The lowest BCUT2D eigenvalue weighted by atomic mass is 10.1. The standard InChI is InChI=1S/C17H27NO3.C2HF3O2/c1-2-3-4-5-13-21-16-8-6-7-15(14-16)9-11-18-12-10-17(19)20;3-2(4,5)1(6)7/h6-8,14,18H,2-5,9-13H2,1H3,(H,19,20);(H,6,7). The lowest BCUT2D eigenvalue weighted by Crippen LogP contribution is -2.21. The second kappa shape index (κ2) is 14.7. The van der Waals surface area contributed by atoms with Crippen LogP contribution in [-0.2, 0) is 16.0 Å². The number of nitrogens with one attached hydrogen (secondary N) is 1. The van der Waals surface area contributed by atoms with Gasteiger partial charge in [-0.05, 0) is 37.1 Å². The molecule has 0 saturated carbocycles. The van der Waals surface area contributed by atoms with Gasteiger partial charge in [0, 0.05) is 6.54 Å². The molecule has 0 spiro atoms. The molecule has 1 rings (SSSR count). The maximum atomic E-state index is 10.6. The van der Waals surface area contributed by atoms with E-state index in [0.29, 0.717) is 6.54 Å². The molecule has 0 aliphatic heterocycles. The van der Waals surface area contributed by atoms with Gasteiger partial charge in [-0.3, -0.25) is 4.79 Å². The Kier molecular flexibility index (Phi) is 13.5. The van der Waals surface area contributed by atoms with Crippen LogP contribution in [0.15, 0.2) is 24.3 Å². The predicted octanol–water partition coefficient (Wildman–Crippen LogP) is 3.89. The van der Waals surface area contributed by atoms with Crippen molar-refractivity contribution in [1.29, 1.82) is 0 Å². The molecule has 0 saturated heterocycles. The van der Waals surface area contributed by atoms with Gasteiger partial charge in [0.1, 0.15) is 5.75 Å². The summed E-state index contributed by atoms with van der Waals surface area (Å²) in [6, 6.07) is 8.14. The first kappa shape index (κ1) is 25.7. The van der Waals surface area contributed by atoms with E-state index in [1.54, 1.807) is 0 Å². The number of benzene rings is 1. The molecule has 9 heteroatoms. The summed E-state index contributed by atoms with van der Waals surface area (Å²) in [5, 5.41) is 18.8. The van der Waals surface area contributed by atoms with Crippen LogP contribution in [0.3, 0.4) is 0 Å². The fourth-order valence-electron chi connectivity index (χ4n) is 2.06. The lowest BCUT2D eigenvalue weighted by molar-refractivity contribution is -0.192. The first-order chi connectivity index (χ1) is 13.2. The van der Waals surface area contributed by atoms with Gasteiger partial charge in [0.15, 0.2) is 0 Å². The number of halogens is 3. The second-order valence-electron chi connectivity index (χ2n) is 6.00. The van der Waals surface area contributed by atoms with Crippen LogP contribution in [0.4, 0.5) is 13.2 Å². The van der Waals surface area contributed by atoms with Crippen LogP contribution in [-0.4, -0.2) is 48.0 Å². The van der Waals surface area contributed by atoms with Gasteiger partial charge in [-0.25, -0.2) is 4.79 Å². The van der Waals surface area contributed by atoms with E-state index in [4.69, 9.17) is 19.7 Å². The van der Waals surface area contributed by atoms with Crippen LogP contribution in [0.25, 0.3) is 0 Å². The summed E-state index contributed by atoms with van der Waals surface area (Å²) < 4.78 is 37.5. The Labute approximate surface area is 162 Å². The van der Waals surface area contributed by atoms with Crippen LogP contribution < -0.4 is 10.1 Å². The summed E-state index contributed by atoms with van der Waals surface area (Å²) in [5.41, 5.74) is 1.21. The molecule has 6 nitrogen and oxygen atoms in total. The van der Waals surface area contributed by atoms with Crippen molar-refractivity contribution in [3.05, 3.63) is 29.8 Å². The molecular weight excluding hydrogens is 379 g/mol. The molecule has 0 aliphatic rings. The number of carboxylic acids is 2. The number of alkyl halides is 3. The zero-order chi connectivity index (χ0) is 21.4. The SMILES string of the molecule is CCCCCCOc1cccc(CCNCCC(=O)O)c1.O=C(O)C(F)(F)F. The molecule has 3 N–H and O–H groups in total. The number of carboxylic acid groups (broad SMARTS) is 2. The van der Waals surface area contributed by atoms with Crippen LogP contribution >= 0.6 is 0 Å². The number of unbranched alkanes of at least 4 members (excludes halogenated alkanes) is 3. The van der Waals surface area contributed by atoms with Gasteiger partial charge < -0.3 is 20.3 Å². The minimum atomic E-state index is -5.08. The lowest BCUT2D eigenvalue weighted by Gasteiger charge is -2.08. The molecule has 160 valence electrons. The minimum Gasteiger partial charge on any atom is -0.494 e. The van der Waals surface area contributed by atoms with Crippen LogP contribution in [0.5, 0.6) is 5.75 Å². The normalized spacial score (nSPS) is 10.7. The third-order valence-electron chi connectivity index (χ3n) is 3.51. The average Bonchev–Trinajstić information content (AvgIpc) is 2.61. The zero-order valence-electron chi connectivity index (χ0n) is 15.9. The molecule has 1 aromatic rings. The molecule has 0 aromatic heterocycles. The highest BCUT2D eigenvalue weighted by molar-refractivity contribution is 5.73. The van der Waals surface area contributed by atoms with Crippen molar-refractivity contribution in [3.8, 4) is 5.75 Å². The molecule has 28 heavy (non-hydrogen) atoms. The van der Waals surface area contributed by atoms with E-state index in [2.05, 4.69) is 24.4 Å². The van der Waals surface area contributed by atoms with Gasteiger partial charge in [-0.1, -0.05) is 38.3 Å². The monoisotopic (exact) mass is 407 g/mol. The van der Waals surface area contributed by atoms with Crippen molar-refractivity contribution in [2.24, 2.45) is 0 Å². The average molecular weight is 407 g/mol. The number of hydrogen-bond donors (Lipinski definition) is 3. The topological polar surface area (TPSA) is 95.9 Å². The molecule has 0 fully saturated rings. The van der Waals surface area contributed by atoms with E-state index < -0.39 is 18.1 Å². The smallest absolute Gasteiger partial charge is 0.490 e. The largest absolute Gasteiger partial charge is 0.494 e. The third kappa shape index (κ3) is 14.8. The number of carbonyl (C=O) groups is 2. The quantitative estimate of drug-likeness (QED) is 0.455. The first-order valence-electron chi connectivity index (χ1n) is 9.11. The third-order valence-corrected chi connectivity index (χ3v) is 3.51. The van der Waals surface area contributed by atoms with E-state index in [1.165, 1.54) is 24.8 Å². The molecule has 0 heterocycles. The fourth-order valence-corrected chi connectivity index (χ4v) is 2.06. The Bertz CT molecular complexity index is 579. The van der Waals surface area contributed by atoms with Crippen molar-refractivity contribution in [2.75, 3.05) is 19.7 Å². The summed E-state index contributed by atoms with van der Waals surface area (Å²) in [6.45, 7) is 4.28. The molecular formula is C19H28F3NO5. The van der Waals surface area contributed by atoms with Gasteiger partial charge in [0.25, 0.3) is 0 Å². The van der Waals surface area contributed by atoms with Crippen molar-refractivity contribution in [3.63, 3.8) is 0 Å². The number of hydrogen-bond acceptors (Lipinski definition) is 4. The highest BCUT2D eigenvalue weighted by Crippen LogP contribution is 2.14. The second-order valence-corrected chi connectivity index (χ2v) is 6.00. The Balaban J connectivity index is 0.000000887. The predicted molar refractivity (Wildman–Crippen MR) is 98.6 cm³/mol. The highest BCUT2D eigenvalue weighted by Gasteiger charge is 2.38. The Morgan fingerprint density at radius 2 is 1.79 bits per heavy atom. The Morgan fingerprint density at radius 1 is 1.11 bits per heavy atom. The van der Waals surface area contributed by atoms with Crippen LogP contribution in [0.2, 0.25) is 0 Å². The van der Waals surface area contributed by atoms with Crippen molar-refractivity contribution in [1.82, 2.24) is 5.32 Å². The number of rotatable bonds is 12. The van der Waals surface area contributed by atoms with Crippen LogP contribution in [0, 0.1) is 0 Å². The fraction of sp³-hybridized carbons (Fsp3) is 0.579. The van der Waals surface area contributed by atoms with Gasteiger partial charge in [0.2, 0.25) is 0 Å². The zero-order valence-corrected chi connectivity index (χ0v) is 15.9. The summed E-state index contributed by atoms with van der Waals surface area (Å²) in [5.74, 6) is -2.59. The van der Waals surface area contributed by atoms with E-state index in [-0.39, 0.29) is 6.42 Å². The highest BCUT2D eigenvalue weighted by atomic mass is 19.4. The minimum absolute atomic E-state index is 0.168. The number of ether oxygens (including phenoxy) is 1. The molecule has 0 radical (unpaired) electrons. The van der Waals surface area contributed by atoms with Crippen molar-refractivity contribution >= 4 is 11.9 Å². The molecule has 0 amide bonds. The summed E-state index contributed by atoms with van der Waals surface area (Å²) in [6.07, 6.45) is 0.807.